The Morgan fingerprint density at radius 1 is 1.21 bits per heavy atom. The number of para-hydroxylation sites is 1. The summed E-state index contributed by atoms with van der Waals surface area (Å²) >= 11 is 0. The number of allylic oxidation sites excluding steroid dienone is 2. The molecule has 1 fully saturated rings. The topological polar surface area (TPSA) is 98.1 Å². The number of carbonyl (C=O) groups is 2. The summed E-state index contributed by atoms with van der Waals surface area (Å²) in [5.41, 5.74) is 3.47. The molecular weight excluding hydrogens is 418 g/mol. The lowest BCUT2D eigenvalue weighted by Gasteiger charge is -2.38. The summed E-state index contributed by atoms with van der Waals surface area (Å²) in [5, 5.41) is 31.6. The van der Waals surface area contributed by atoms with Crippen LogP contribution in [-0.4, -0.2) is 51.3 Å². The lowest BCUT2D eigenvalue weighted by molar-refractivity contribution is -0.140. The van der Waals surface area contributed by atoms with Gasteiger partial charge in [-0.1, -0.05) is 56.2 Å². The third kappa shape index (κ3) is 5.07. The Bertz CT molecular complexity index is 948. The Balaban J connectivity index is 1.85. The fourth-order valence-corrected chi connectivity index (χ4v) is 5.42. The van der Waals surface area contributed by atoms with Gasteiger partial charge in [0.1, 0.15) is 5.75 Å². The number of amides is 2. The van der Waals surface area contributed by atoms with Gasteiger partial charge in [-0.05, 0) is 50.2 Å². The first kappa shape index (κ1) is 25.2. The summed E-state index contributed by atoms with van der Waals surface area (Å²) in [4.78, 5) is 27.4. The molecule has 0 bridgehead atoms. The third-order valence-corrected chi connectivity index (χ3v) is 7.06. The number of carbonyl (C=O) groups excluding carboxylic acids is 2. The summed E-state index contributed by atoms with van der Waals surface area (Å²) < 4.78 is 0. The molecule has 6 nitrogen and oxygen atoms in total. The zero-order chi connectivity index (χ0) is 24.3. The van der Waals surface area contributed by atoms with Crippen molar-refractivity contribution in [3.63, 3.8) is 0 Å². The number of aromatic hydroxyl groups is 1. The number of nitrogens with zero attached hydrogens (tertiary/aromatic N) is 1. The summed E-state index contributed by atoms with van der Waals surface area (Å²) in [6.45, 7) is 8.09. The molecule has 2 amide bonds. The molecule has 3 rings (SSSR count). The van der Waals surface area contributed by atoms with E-state index in [2.05, 4.69) is 0 Å². The Morgan fingerprint density at radius 2 is 1.91 bits per heavy atom. The molecule has 1 aromatic rings. The largest absolute Gasteiger partial charge is 0.507 e. The van der Waals surface area contributed by atoms with Crippen molar-refractivity contribution in [1.82, 2.24) is 4.90 Å². The lowest BCUT2D eigenvalue weighted by Crippen LogP contribution is -2.39. The van der Waals surface area contributed by atoms with E-state index in [0.717, 1.165) is 22.3 Å². The van der Waals surface area contributed by atoms with Gasteiger partial charge in [-0.15, -0.1) is 0 Å². The molecule has 1 aliphatic heterocycles. The summed E-state index contributed by atoms with van der Waals surface area (Å²) in [7, 11) is 0. The van der Waals surface area contributed by atoms with Crippen molar-refractivity contribution in [3.8, 4) is 5.75 Å². The van der Waals surface area contributed by atoms with Crippen molar-refractivity contribution in [1.29, 1.82) is 0 Å². The number of aliphatic hydroxyl groups excluding tert-OH is 2. The number of phenolic OH excluding ortho intramolecular Hbond substituents is 1. The van der Waals surface area contributed by atoms with E-state index in [0.29, 0.717) is 32.2 Å². The van der Waals surface area contributed by atoms with Crippen molar-refractivity contribution < 1.29 is 24.9 Å². The number of likely N-dealkylation sites (tertiary alicyclic amines) is 1. The standard InChI is InChI=1S/C27H37NO5/c1-5-12-28-26(32)20-14-19(16(2)3)24(21(15-29)25(20)27(28)33)23(31)11-10-17(4)13-18-8-6-7-9-22(18)30/h6-9,13,16,20-21,23,25,29-31H,5,10-12,14-15H2,1-4H3/b17-13+/t20-,21+,23-,25-/m1/s1. The quantitative estimate of drug-likeness (QED) is 0.387. The van der Waals surface area contributed by atoms with E-state index in [1.807, 2.05) is 45.9 Å². The van der Waals surface area contributed by atoms with Gasteiger partial charge in [0, 0.05) is 18.0 Å². The summed E-state index contributed by atoms with van der Waals surface area (Å²) in [6.07, 6.45) is 3.30. The van der Waals surface area contributed by atoms with E-state index < -0.39 is 23.9 Å². The van der Waals surface area contributed by atoms with Gasteiger partial charge in [0.05, 0.1) is 24.5 Å². The molecule has 3 N–H and O–H groups in total. The molecule has 1 aliphatic carbocycles. The minimum atomic E-state index is -0.809. The van der Waals surface area contributed by atoms with E-state index in [1.165, 1.54) is 4.90 Å². The zero-order valence-electron chi connectivity index (χ0n) is 20.1. The van der Waals surface area contributed by atoms with E-state index in [9.17, 15) is 24.9 Å². The molecular formula is C27H37NO5. The van der Waals surface area contributed by atoms with Gasteiger partial charge in [-0.3, -0.25) is 14.5 Å². The predicted molar refractivity (Wildman–Crippen MR) is 128 cm³/mol. The van der Waals surface area contributed by atoms with Crippen molar-refractivity contribution in [2.24, 2.45) is 23.7 Å². The van der Waals surface area contributed by atoms with Crippen LogP contribution in [0, 0.1) is 23.7 Å². The molecule has 0 unspecified atom stereocenters. The number of rotatable bonds is 9. The maximum atomic E-state index is 13.1. The Labute approximate surface area is 196 Å². The molecule has 0 saturated carbocycles. The molecule has 0 radical (unpaired) electrons. The van der Waals surface area contributed by atoms with E-state index >= 15 is 0 Å². The van der Waals surface area contributed by atoms with Crippen LogP contribution in [0.3, 0.4) is 0 Å². The van der Waals surface area contributed by atoms with Gasteiger partial charge in [0.25, 0.3) is 0 Å². The van der Waals surface area contributed by atoms with Crippen LogP contribution in [-0.2, 0) is 9.59 Å². The number of imide groups is 1. The second kappa shape index (κ2) is 10.7. The van der Waals surface area contributed by atoms with Crippen molar-refractivity contribution in [2.45, 2.75) is 59.5 Å². The zero-order valence-corrected chi connectivity index (χ0v) is 20.1. The maximum Gasteiger partial charge on any atom is 0.233 e. The molecule has 4 atom stereocenters. The van der Waals surface area contributed by atoms with Crippen LogP contribution < -0.4 is 0 Å². The van der Waals surface area contributed by atoms with Crippen molar-refractivity contribution in [2.75, 3.05) is 13.2 Å². The Hall–Kier alpha value is -2.44. The van der Waals surface area contributed by atoms with Crippen molar-refractivity contribution >= 4 is 17.9 Å². The van der Waals surface area contributed by atoms with Crippen LogP contribution in [0.1, 0.15) is 58.9 Å². The van der Waals surface area contributed by atoms with Crippen LogP contribution in [0.15, 0.2) is 41.0 Å². The predicted octanol–water partition coefficient (Wildman–Crippen LogP) is 3.91. The fraction of sp³-hybridized carbons (Fsp3) is 0.556. The molecule has 2 aliphatic rings. The van der Waals surface area contributed by atoms with Gasteiger partial charge < -0.3 is 15.3 Å². The molecule has 0 aromatic heterocycles. The number of phenols is 1. The number of fused-ring (bicyclic) bond motifs is 1. The molecule has 6 heteroatoms. The number of aliphatic hydroxyl groups is 2. The van der Waals surface area contributed by atoms with E-state index in [4.69, 9.17) is 0 Å². The van der Waals surface area contributed by atoms with Crippen LogP contribution in [0.5, 0.6) is 5.75 Å². The number of benzene rings is 1. The highest BCUT2D eigenvalue weighted by atomic mass is 16.3. The van der Waals surface area contributed by atoms with Crippen LogP contribution >= 0.6 is 0 Å². The summed E-state index contributed by atoms with van der Waals surface area (Å²) in [5.74, 6) is -1.63. The lowest BCUT2D eigenvalue weighted by atomic mass is 9.66. The Kier molecular flexibility index (Phi) is 8.14. The average molecular weight is 456 g/mol. The highest BCUT2D eigenvalue weighted by Gasteiger charge is 2.54. The Morgan fingerprint density at radius 3 is 2.52 bits per heavy atom. The maximum absolute atomic E-state index is 13.1. The van der Waals surface area contributed by atoms with Gasteiger partial charge in [0.15, 0.2) is 0 Å². The normalized spacial score (nSPS) is 24.6. The molecule has 1 saturated heterocycles. The van der Waals surface area contributed by atoms with Gasteiger partial charge in [-0.2, -0.15) is 0 Å². The van der Waals surface area contributed by atoms with Crippen LogP contribution in [0.25, 0.3) is 6.08 Å². The fourth-order valence-electron chi connectivity index (χ4n) is 5.42. The highest BCUT2D eigenvalue weighted by Crippen LogP contribution is 2.48. The number of hydrogen-bond acceptors (Lipinski definition) is 5. The first-order valence-electron chi connectivity index (χ1n) is 12.0. The molecule has 180 valence electrons. The van der Waals surface area contributed by atoms with Gasteiger partial charge in [0.2, 0.25) is 11.8 Å². The molecule has 1 aromatic carbocycles. The van der Waals surface area contributed by atoms with E-state index in [1.54, 1.807) is 12.1 Å². The highest BCUT2D eigenvalue weighted by molar-refractivity contribution is 6.05. The van der Waals surface area contributed by atoms with Crippen LogP contribution in [0.4, 0.5) is 0 Å². The second-order valence-corrected chi connectivity index (χ2v) is 9.69. The molecule has 33 heavy (non-hydrogen) atoms. The third-order valence-electron chi connectivity index (χ3n) is 7.06. The van der Waals surface area contributed by atoms with Crippen LogP contribution in [0.2, 0.25) is 0 Å². The number of hydrogen-bond donors (Lipinski definition) is 3. The van der Waals surface area contributed by atoms with E-state index in [-0.39, 0.29) is 30.1 Å². The van der Waals surface area contributed by atoms with Crippen molar-refractivity contribution in [3.05, 3.63) is 46.5 Å². The first-order chi connectivity index (χ1) is 15.7. The smallest absolute Gasteiger partial charge is 0.233 e. The second-order valence-electron chi connectivity index (χ2n) is 9.69. The monoisotopic (exact) mass is 455 g/mol. The summed E-state index contributed by atoms with van der Waals surface area (Å²) in [6, 6.07) is 7.11. The van der Waals surface area contributed by atoms with Gasteiger partial charge in [-0.25, -0.2) is 0 Å². The van der Waals surface area contributed by atoms with Gasteiger partial charge >= 0.3 is 0 Å². The average Bonchev–Trinajstić information content (AvgIpc) is 3.02. The minimum absolute atomic E-state index is 0.102. The molecule has 0 spiro atoms. The molecule has 1 heterocycles. The minimum Gasteiger partial charge on any atom is -0.507 e. The first-order valence-corrected chi connectivity index (χ1v) is 12.0. The SMILES string of the molecule is CCCN1C(=O)[C@@H]2[C@@H](CC(C(C)C)=C([C@H](O)CC/C(C)=C/c3ccccc3O)[C@@H]2CO)C1=O.